The number of aryl methyl sites for hydroxylation is 1. The molecule has 0 spiro atoms. The normalized spacial score (nSPS) is 14.4. The average Bonchev–Trinajstić information content (AvgIpc) is 3.45. The van der Waals surface area contributed by atoms with Crippen LogP contribution in [-0.2, 0) is 42.4 Å². The van der Waals surface area contributed by atoms with E-state index >= 15 is 0 Å². The summed E-state index contributed by atoms with van der Waals surface area (Å²) in [5.41, 5.74) is 3.71. The van der Waals surface area contributed by atoms with E-state index in [-0.39, 0.29) is 0 Å². The molecule has 1 aliphatic heterocycles. The summed E-state index contributed by atoms with van der Waals surface area (Å²) in [7, 11) is 0. The quantitative estimate of drug-likeness (QED) is 0.595. The number of aliphatic carboxylic acids is 1. The molecule has 3 aromatic heterocycles. The highest BCUT2D eigenvalue weighted by atomic mass is 32.1. The molecule has 0 fully saturated rings. The third-order valence-corrected chi connectivity index (χ3v) is 5.30. The third kappa shape index (κ3) is 6.94. The number of carboxylic acid groups (broad SMARTS) is 1. The number of thiophene rings is 1. The Morgan fingerprint density at radius 1 is 1.29 bits per heavy atom. The van der Waals surface area contributed by atoms with Gasteiger partial charge < -0.3 is 18.8 Å². The highest BCUT2D eigenvalue weighted by molar-refractivity contribution is 7.07. The monoisotopic (exact) mass is 457 g/mol. The Hall–Kier alpha value is -2.63. The van der Waals surface area contributed by atoms with Crippen molar-refractivity contribution in [2.75, 3.05) is 6.54 Å². The fourth-order valence-electron chi connectivity index (χ4n) is 3.12. The van der Waals surface area contributed by atoms with Gasteiger partial charge in [0.25, 0.3) is 0 Å². The zero-order valence-electron chi connectivity index (χ0n) is 16.5. The number of hydrogen-bond donors (Lipinski definition) is 1. The van der Waals surface area contributed by atoms with Crippen LogP contribution in [0, 0.1) is 0 Å². The predicted molar refractivity (Wildman–Crippen MR) is 106 cm³/mol. The molecule has 168 valence electrons. The summed E-state index contributed by atoms with van der Waals surface area (Å²) in [5, 5.41) is 11.5. The number of halogens is 3. The number of hydrogen-bond acceptors (Lipinski definition) is 6. The lowest BCUT2D eigenvalue weighted by atomic mass is 10.2. The van der Waals surface area contributed by atoms with Crippen molar-refractivity contribution >= 4 is 17.3 Å². The van der Waals surface area contributed by atoms with Gasteiger partial charge in [-0.1, -0.05) is 0 Å². The lowest BCUT2D eigenvalue weighted by Crippen LogP contribution is -2.23. The topological polar surface area (TPSA) is 80.7 Å². The Morgan fingerprint density at radius 2 is 2.10 bits per heavy atom. The van der Waals surface area contributed by atoms with E-state index in [1.807, 2.05) is 18.5 Å². The van der Waals surface area contributed by atoms with Crippen LogP contribution in [0.1, 0.15) is 29.1 Å². The molecule has 0 saturated heterocycles. The Kier molecular flexibility index (Phi) is 7.88. The molecule has 0 aliphatic carbocycles. The number of rotatable bonds is 6. The van der Waals surface area contributed by atoms with Crippen LogP contribution in [0.5, 0.6) is 0 Å². The molecule has 0 saturated carbocycles. The molecule has 31 heavy (non-hydrogen) atoms. The summed E-state index contributed by atoms with van der Waals surface area (Å²) in [6, 6.07) is 6.01. The van der Waals surface area contributed by atoms with Gasteiger partial charge >= 0.3 is 12.1 Å². The first-order valence-corrected chi connectivity index (χ1v) is 10.4. The third-order valence-electron chi connectivity index (χ3n) is 4.57. The van der Waals surface area contributed by atoms with Crippen LogP contribution in [0.15, 0.2) is 46.0 Å². The van der Waals surface area contributed by atoms with Crippen LogP contribution in [0.2, 0.25) is 0 Å². The number of fused-ring (bicyclic) bond motifs is 1. The van der Waals surface area contributed by atoms with Crippen molar-refractivity contribution in [3.8, 4) is 0 Å². The molecule has 0 unspecified atom stereocenters. The molecular formula is C20H22F3N3O4S. The van der Waals surface area contributed by atoms with Gasteiger partial charge in [-0.15, -0.1) is 0 Å². The minimum Gasteiger partial charge on any atom is -0.475 e. The zero-order valence-corrected chi connectivity index (χ0v) is 17.4. The average molecular weight is 457 g/mol. The van der Waals surface area contributed by atoms with Crippen molar-refractivity contribution in [2.24, 2.45) is 0 Å². The van der Waals surface area contributed by atoms with Crippen LogP contribution in [0.3, 0.4) is 0 Å². The summed E-state index contributed by atoms with van der Waals surface area (Å²) >= 11 is 1.76. The van der Waals surface area contributed by atoms with Crippen molar-refractivity contribution in [3.05, 3.63) is 64.3 Å². The van der Waals surface area contributed by atoms with Gasteiger partial charge in [0.1, 0.15) is 12.4 Å². The summed E-state index contributed by atoms with van der Waals surface area (Å²) in [6.07, 6.45) is -0.307. The minimum absolute atomic E-state index is 0.484. The van der Waals surface area contributed by atoms with Crippen LogP contribution < -0.4 is 0 Å². The van der Waals surface area contributed by atoms with Crippen molar-refractivity contribution < 1.29 is 32.2 Å². The number of nitrogens with zero attached hydrogens (tertiary/aromatic N) is 3. The maximum absolute atomic E-state index is 10.6. The summed E-state index contributed by atoms with van der Waals surface area (Å²) < 4.78 is 45.1. The molecule has 11 heteroatoms. The number of carbonyl (C=O) groups is 1. The van der Waals surface area contributed by atoms with Crippen molar-refractivity contribution in [1.82, 2.24) is 14.5 Å². The van der Waals surface area contributed by atoms with E-state index in [1.165, 1.54) is 11.3 Å². The number of carboxylic acids is 1. The molecule has 4 rings (SSSR count). The largest absolute Gasteiger partial charge is 0.490 e. The van der Waals surface area contributed by atoms with Gasteiger partial charge in [-0.3, -0.25) is 4.90 Å². The Balaban J connectivity index is 0.000000339. The SMILES string of the molecule is O=C(O)C(F)(F)F.c1coc(COCc2ncn3c2CN(Cc2ccsc2)CCC3)c1. The van der Waals surface area contributed by atoms with E-state index in [2.05, 4.69) is 31.3 Å². The van der Waals surface area contributed by atoms with E-state index in [4.69, 9.17) is 19.1 Å². The predicted octanol–water partition coefficient (Wildman–Crippen LogP) is 4.29. The lowest BCUT2D eigenvalue weighted by molar-refractivity contribution is -0.192. The zero-order chi connectivity index (χ0) is 22.3. The molecule has 4 heterocycles. The summed E-state index contributed by atoms with van der Waals surface area (Å²) in [6.45, 7) is 5.08. The highest BCUT2D eigenvalue weighted by Gasteiger charge is 2.38. The van der Waals surface area contributed by atoms with Crippen LogP contribution in [0.4, 0.5) is 13.2 Å². The van der Waals surface area contributed by atoms with E-state index in [9.17, 15) is 13.2 Å². The van der Waals surface area contributed by atoms with E-state index < -0.39 is 12.1 Å². The molecule has 0 aromatic carbocycles. The molecule has 0 atom stereocenters. The maximum Gasteiger partial charge on any atom is 0.490 e. The van der Waals surface area contributed by atoms with Gasteiger partial charge in [0.2, 0.25) is 0 Å². The number of furan rings is 1. The molecule has 3 aromatic rings. The molecule has 0 radical (unpaired) electrons. The molecule has 7 nitrogen and oxygen atoms in total. The second-order valence-electron chi connectivity index (χ2n) is 6.90. The summed E-state index contributed by atoms with van der Waals surface area (Å²) in [4.78, 5) is 16.0. The fourth-order valence-corrected chi connectivity index (χ4v) is 3.78. The molecule has 1 aliphatic rings. The summed E-state index contributed by atoms with van der Waals surface area (Å²) in [5.74, 6) is -1.91. The van der Waals surface area contributed by atoms with E-state index in [0.29, 0.717) is 13.2 Å². The first-order valence-electron chi connectivity index (χ1n) is 9.49. The fraction of sp³-hybridized carbons (Fsp3) is 0.400. The smallest absolute Gasteiger partial charge is 0.475 e. The van der Waals surface area contributed by atoms with Gasteiger partial charge in [0.15, 0.2) is 0 Å². The van der Waals surface area contributed by atoms with Crippen LogP contribution in [-0.4, -0.2) is 38.2 Å². The standard InChI is InChI=1S/C18H21N3O2S.C2HF3O2/c1-3-16(23-7-1)11-22-12-17-18-10-20(9-15-4-8-24-13-15)5-2-6-21(18)14-19-17;3-2(4,5)1(6)7/h1,3-4,7-8,13-14H,2,5-6,9-12H2;(H,6,7). The molecule has 0 amide bonds. The van der Waals surface area contributed by atoms with Crippen LogP contribution in [0.25, 0.3) is 0 Å². The maximum atomic E-state index is 10.6. The second kappa shape index (κ2) is 10.6. The molecule has 1 N–H and O–H groups in total. The molecular weight excluding hydrogens is 435 g/mol. The lowest BCUT2D eigenvalue weighted by Gasteiger charge is -2.19. The second-order valence-corrected chi connectivity index (χ2v) is 7.68. The van der Waals surface area contributed by atoms with Gasteiger partial charge in [-0.2, -0.15) is 24.5 Å². The minimum atomic E-state index is -5.08. The number of imidazole rings is 1. The number of ether oxygens (including phenoxy) is 1. The van der Waals surface area contributed by atoms with Gasteiger partial charge in [-0.25, -0.2) is 9.78 Å². The first kappa shape index (κ1) is 23.0. The number of alkyl halides is 3. The highest BCUT2D eigenvalue weighted by Crippen LogP contribution is 2.20. The van der Waals surface area contributed by atoms with E-state index in [0.717, 1.165) is 44.1 Å². The van der Waals surface area contributed by atoms with Crippen LogP contribution >= 0.6 is 11.3 Å². The van der Waals surface area contributed by atoms with E-state index in [1.54, 1.807) is 17.6 Å². The Morgan fingerprint density at radius 3 is 2.74 bits per heavy atom. The van der Waals surface area contributed by atoms with Gasteiger partial charge in [-0.05, 0) is 40.9 Å². The van der Waals surface area contributed by atoms with Crippen molar-refractivity contribution in [3.63, 3.8) is 0 Å². The number of aromatic nitrogens is 2. The van der Waals surface area contributed by atoms with Gasteiger partial charge in [0.05, 0.1) is 30.6 Å². The Bertz CT molecular complexity index is 940. The molecule has 0 bridgehead atoms. The van der Waals surface area contributed by atoms with Gasteiger partial charge in [0, 0.05) is 26.2 Å². The Labute approximate surface area is 180 Å². The van der Waals surface area contributed by atoms with Crippen molar-refractivity contribution in [2.45, 2.75) is 45.4 Å². The van der Waals surface area contributed by atoms with Crippen molar-refractivity contribution in [1.29, 1.82) is 0 Å². The first-order chi connectivity index (χ1) is 14.8.